The average Bonchev–Trinajstić information content (AvgIpc) is 2.39. The fourth-order valence-corrected chi connectivity index (χ4v) is 2.77. The fraction of sp³-hybridized carbons (Fsp3) is 0.533. The van der Waals surface area contributed by atoms with Gasteiger partial charge >= 0.3 is 0 Å². The SMILES string of the molecule is Cc1cc(C(=O)N2CC(CCl)OC(C)(C)C2)ccc1Cl. The van der Waals surface area contributed by atoms with Gasteiger partial charge in [0.15, 0.2) is 0 Å². The van der Waals surface area contributed by atoms with Crippen LogP contribution in [-0.2, 0) is 4.74 Å². The van der Waals surface area contributed by atoms with Crippen molar-refractivity contribution in [3.63, 3.8) is 0 Å². The number of carbonyl (C=O) groups excluding carboxylic acids is 1. The maximum atomic E-state index is 12.6. The van der Waals surface area contributed by atoms with E-state index in [-0.39, 0.29) is 17.6 Å². The highest BCUT2D eigenvalue weighted by Crippen LogP contribution is 2.24. The molecule has 1 heterocycles. The van der Waals surface area contributed by atoms with Crippen molar-refractivity contribution in [3.05, 3.63) is 34.3 Å². The molecule has 20 heavy (non-hydrogen) atoms. The van der Waals surface area contributed by atoms with Crippen LogP contribution in [0, 0.1) is 6.92 Å². The number of aryl methyl sites for hydroxylation is 1. The minimum atomic E-state index is -0.380. The second kappa shape index (κ2) is 5.92. The molecule has 0 saturated carbocycles. The number of hydrogen-bond acceptors (Lipinski definition) is 2. The van der Waals surface area contributed by atoms with Crippen LogP contribution in [0.4, 0.5) is 0 Å². The molecule has 1 fully saturated rings. The normalized spacial score (nSPS) is 21.9. The number of halogens is 2. The van der Waals surface area contributed by atoms with Gasteiger partial charge in [0.25, 0.3) is 5.91 Å². The van der Waals surface area contributed by atoms with Gasteiger partial charge in [0.1, 0.15) is 0 Å². The Morgan fingerprint density at radius 1 is 1.50 bits per heavy atom. The van der Waals surface area contributed by atoms with Crippen molar-refractivity contribution in [3.8, 4) is 0 Å². The van der Waals surface area contributed by atoms with E-state index in [1.807, 2.05) is 26.8 Å². The monoisotopic (exact) mass is 315 g/mol. The highest BCUT2D eigenvalue weighted by Gasteiger charge is 2.35. The van der Waals surface area contributed by atoms with Crippen LogP contribution in [0.1, 0.15) is 29.8 Å². The Bertz CT molecular complexity index is 517. The first-order valence-electron chi connectivity index (χ1n) is 6.61. The highest BCUT2D eigenvalue weighted by atomic mass is 35.5. The van der Waals surface area contributed by atoms with Crippen molar-refractivity contribution in [1.29, 1.82) is 0 Å². The fourth-order valence-electron chi connectivity index (χ4n) is 2.49. The molecule has 1 aromatic rings. The number of hydrogen-bond donors (Lipinski definition) is 0. The number of morpholine rings is 1. The summed E-state index contributed by atoms with van der Waals surface area (Å²) >= 11 is 11.9. The molecule has 2 rings (SSSR count). The predicted molar refractivity (Wildman–Crippen MR) is 81.8 cm³/mol. The molecule has 0 radical (unpaired) electrons. The molecular formula is C15H19Cl2NO2. The number of benzene rings is 1. The molecule has 1 atom stereocenters. The molecule has 110 valence electrons. The Morgan fingerprint density at radius 3 is 2.80 bits per heavy atom. The third-order valence-corrected chi connectivity index (χ3v) is 4.11. The van der Waals surface area contributed by atoms with Gasteiger partial charge in [0, 0.05) is 23.7 Å². The van der Waals surface area contributed by atoms with E-state index in [4.69, 9.17) is 27.9 Å². The lowest BCUT2D eigenvalue weighted by Crippen LogP contribution is -2.55. The summed E-state index contributed by atoms with van der Waals surface area (Å²) in [5.41, 5.74) is 1.17. The molecule has 0 aliphatic carbocycles. The van der Waals surface area contributed by atoms with Gasteiger partial charge in [-0.1, -0.05) is 11.6 Å². The van der Waals surface area contributed by atoms with Crippen LogP contribution >= 0.6 is 23.2 Å². The van der Waals surface area contributed by atoms with E-state index in [1.165, 1.54) is 0 Å². The Labute approximate surface area is 129 Å². The number of nitrogens with zero attached hydrogens (tertiary/aromatic N) is 1. The first kappa shape index (κ1) is 15.6. The van der Waals surface area contributed by atoms with Crippen LogP contribution in [0.3, 0.4) is 0 Å². The first-order valence-corrected chi connectivity index (χ1v) is 7.53. The molecule has 0 spiro atoms. The summed E-state index contributed by atoms with van der Waals surface area (Å²) in [6.07, 6.45) is -0.127. The molecule has 1 amide bonds. The van der Waals surface area contributed by atoms with Crippen molar-refractivity contribution in [2.45, 2.75) is 32.5 Å². The van der Waals surface area contributed by atoms with E-state index in [9.17, 15) is 4.79 Å². The van der Waals surface area contributed by atoms with E-state index in [2.05, 4.69) is 0 Å². The maximum absolute atomic E-state index is 12.6. The number of rotatable bonds is 2. The van der Waals surface area contributed by atoms with E-state index >= 15 is 0 Å². The zero-order chi connectivity index (χ0) is 14.9. The number of ether oxygens (including phenoxy) is 1. The summed E-state index contributed by atoms with van der Waals surface area (Å²) in [6, 6.07) is 5.34. The minimum absolute atomic E-state index is 0.00346. The van der Waals surface area contributed by atoms with Crippen molar-refractivity contribution < 1.29 is 9.53 Å². The molecule has 0 N–H and O–H groups in total. The smallest absolute Gasteiger partial charge is 0.254 e. The van der Waals surface area contributed by atoms with Gasteiger partial charge in [0.2, 0.25) is 0 Å². The Balaban J connectivity index is 2.21. The molecule has 1 aromatic carbocycles. The summed E-state index contributed by atoms with van der Waals surface area (Å²) < 4.78 is 5.84. The lowest BCUT2D eigenvalue weighted by Gasteiger charge is -2.42. The molecule has 1 unspecified atom stereocenters. The quantitative estimate of drug-likeness (QED) is 0.782. The van der Waals surface area contributed by atoms with E-state index in [1.54, 1.807) is 17.0 Å². The van der Waals surface area contributed by atoms with Gasteiger partial charge in [-0.05, 0) is 44.5 Å². The zero-order valence-electron chi connectivity index (χ0n) is 12.0. The summed E-state index contributed by atoms with van der Waals surface area (Å²) in [5.74, 6) is 0.378. The van der Waals surface area contributed by atoms with Gasteiger partial charge < -0.3 is 9.64 Å². The maximum Gasteiger partial charge on any atom is 0.254 e. The van der Waals surface area contributed by atoms with Crippen LogP contribution in [-0.4, -0.2) is 41.5 Å². The highest BCUT2D eigenvalue weighted by molar-refractivity contribution is 6.31. The van der Waals surface area contributed by atoms with Crippen molar-refractivity contribution in [2.24, 2.45) is 0 Å². The minimum Gasteiger partial charge on any atom is -0.367 e. The van der Waals surface area contributed by atoms with Crippen molar-refractivity contribution >= 4 is 29.1 Å². The molecule has 1 aliphatic rings. The van der Waals surface area contributed by atoms with E-state index < -0.39 is 0 Å². The average molecular weight is 316 g/mol. The molecule has 0 aromatic heterocycles. The number of amides is 1. The second-order valence-corrected chi connectivity index (χ2v) is 6.52. The van der Waals surface area contributed by atoms with Crippen LogP contribution in [0.2, 0.25) is 5.02 Å². The first-order chi connectivity index (χ1) is 9.32. The molecule has 1 aliphatic heterocycles. The molecule has 0 bridgehead atoms. The van der Waals surface area contributed by atoms with Crippen molar-refractivity contribution in [1.82, 2.24) is 4.90 Å². The summed E-state index contributed by atoms with van der Waals surface area (Å²) in [6.45, 7) is 6.91. The van der Waals surface area contributed by atoms with Gasteiger partial charge in [-0.3, -0.25) is 4.79 Å². The molecule has 3 nitrogen and oxygen atoms in total. The Morgan fingerprint density at radius 2 is 2.20 bits per heavy atom. The standard InChI is InChI=1S/C15H19Cl2NO2/c1-10-6-11(4-5-13(10)17)14(19)18-8-12(7-16)20-15(2,3)9-18/h4-6,12H,7-9H2,1-3H3. The third kappa shape index (κ3) is 3.46. The molecular weight excluding hydrogens is 297 g/mol. The molecule has 1 saturated heterocycles. The van der Waals surface area contributed by atoms with Crippen LogP contribution in [0.15, 0.2) is 18.2 Å². The number of alkyl halides is 1. The third-order valence-electron chi connectivity index (χ3n) is 3.35. The van der Waals surface area contributed by atoms with E-state index in [0.29, 0.717) is 29.6 Å². The van der Waals surface area contributed by atoms with Crippen LogP contribution in [0.5, 0.6) is 0 Å². The van der Waals surface area contributed by atoms with Crippen molar-refractivity contribution in [2.75, 3.05) is 19.0 Å². The largest absolute Gasteiger partial charge is 0.367 e. The van der Waals surface area contributed by atoms with Gasteiger partial charge in [-0.2, -0.15) is 0 Å². The van der Waals surface area contributed by atoms with Gasteiger partial charge in [0.05, 0.1) is 17.6 Å². The predicted octanol–water partition coefficient (Wildman–Crippen LogP) is 3.51. The Hall–Kier alpha value is -0.770. The lowest BCUT2D eigenvalue weighted by molar-refractivity contribution is -0.117. The zero-order valence-corrected chi connectivity index (χ0v) is 13.5. The summed E-state index contributed by atoms with van der Waals surface area (Å²) in [7, 11) is 0. The lowest BCUT2D eigenvalue weighted by atomic mass is 10.0. The van der Waals surface area contributed by atoms with E-state index in [0.717, 1.165) is 5.56 Å². The second-order valence-electron chi connectivity index (χ2n) is 5.80. The van der Waals surface area contributed by atoms with Gasteiger partial charge in [-0.25, -0.2) is 0 Å². The summed E-state index contributed by atoms with van der Waals surface area (Å²) in [5, 5.41) is 0.669. The Kier molecular flexibility index (Phi) is 4.62. The van der Waals surface area contributed by atoms with Crippen LogP contribution < -0.4 is 0 Å². The topological polar surface area (TPSA) is 29.5 Å². The van der Waals surface area contributed by atoms with Crippen LogP contribution in [0.25, 0.3) is 0 Å². The summed E-state index contributed by atoms with van der Waals surface area (Å²) in [4.78, 5) is 14.4. The molecule has 5 heteroatoms. The van der Waals surface area contributed by atoms with Gasteiger partial charge in [-0.15, -0.1) is 11.6 Å². The number of carbonyl (C=O) groups is 1.